The molecule has 0 aliphatic rings. The van der Waals surface area contributed by atoms with E-state index in [1.807, 2.05) is 29.6 Å². The van der Waals surface area contributed by atoms with Crippen molar-refractivity contribution < 1.29 is 8.42 Å². The summed E-state index contributed by atoms with van der Waals surface area (Å²) in [6, 6.07) is 7.97. The molecule has 0 amide bonds. The predicted molar refractivity (Wildman–Crippen MR) is 71.3 cm³/mol. The molecule has 0 aliphatic heterocycles. The molecule has 17 heavy (non-hydrogen) atoms. The van der Waals surface area contributed by atoms with Crippen LogP contribution in [-0.2, 0) is 16.8 Å². The van der Waals surface area contributed by atoms with Gasteiger partial charge in [-0.05, 0) is 22.4 Å². The standard InChI is InChI=1S/C11H14N2O2S2/c1-2-12-17(14,15)13-7-9-8-16-11-6-4-3-5-10(9)11/h3-6,8,12-13H,2,7H2,1H3. The van der Waals surface area contributed by atoms with Crippen LogP contribution < -0.4 is 9.44 Å². The third-order valence-corrected chi connectivity index (χ3v) is 4.55. The number of nitrogens with one attached hydrogen (secondary N) is 2. The fraction of sp³-hybridized carbons (Fsp3) is 0.273. The Morgan fingerprint density at radius 2 is 2.00 bits per heavy atom. The van der Waals surface area contributed by atoms with Gasteiger partial charge in [0.1, 0.15) is 0 Å². The lowest BCUT2D eigenvalue weighted by molar-refractivity contribution is 0.568. The maximum Gasteiger partial charge on any atom is 0.277 e. The second kappa shape index (κ2) is 5.14. The second-order valence-electron chi connectivity index (χ2n) is 3.58. The van der Waals surface area contributed by atoms with Crippen molar-refractivity contribution in [1.29, 1.82) is 0 Å². The van der Waals surface area contributed by atoms with Crippen molar-refractivity contribution in [2.45, 2.75) is 13.5 Å². The summed E-state index contributed by atoms with van der Waals surface area (Å²) in [7, 11) is -3.37. The minimum absolute atomic E-state index is 0.319. The van der Waals surface area contributed by atoms with Gasteiger partial charge in [0, 0.05) is 17.8 Å². The molecule has 0 spiro atoms. The van der Waals surface area contributed by atoms with E-state index < -0.39 is 10.2 Å². The molecule has 1 aromatic carbocycles. The van der Waals surface area contributed by atoms with Crippen LogP contribution >= 0.6 is 11.3 Å². The largest absolute Gasteiger partial charge is 0.277 e. The van der Waals surface area contributed by atoms with Crippen LogP contribution in [0.4, 0.5) is 0 Å². The van der Waals surface area contributed by atoms with Gasteiger partial charge in [-0.1, -0.05) is 25.1 Å². The van der Waals surface area contributed by atoms with Gasteiger partial charge < -0.3 is 0 Å². The van der Waals surface area contributed by atoms with Crippen molar-refractivity contribution in [3.05, 3.63) is 35.2 Å². The van der Waals surface area contributed by atoms with Crippen LogP contribution in [0.25, 0.3) is 10.1 Å². The van der Waals surface area contributed by atoms with Crippen LogP contribution in [0.2, 0.25) is 0 Å². The number of fused-ring (bicyclic) bond motifs is 1. The molecule has 2 aromatic rings. The molecule has 1 heterocycles. The van der Waals surface area contributed by atoms with E-state index in [9.17, 15) is 8.42 Å². The van der Waals surface area contributed by atoms with E-state index in [0.29, 0.717) is 13.1 Å². The third kappa shape index (κ3) is 3.04. The number of hydrogen-bond acceptors (Lipinski definition) is 3. The molecule has 0 unspecified atom stereocenters. The summed E-state index contributed by atoms with van der Waals surface area (Å²) in [4.78, 5) is 0. The molecule has 2 N–H and O–H groups in total. The zero-order valence-corrected chi connectivity index (χ0v) is 11.1. The molecule has 0 bridgehead atoms. The molecule has 0 atom stereocenters. The van der Waals surface area contributed by atoms with Crippen molar-refractivity contribution >= 4 is 31.6 Å². The minimum atomic E-state index is -3.37. The van der Waals surface area contributed by atoms with Crippen molar-refractivity contribution in [3.8, 4) is 0 Å². The van der Waals surface area contributed by atoms with Gasteiger partial charge in [0.25, 0.3) is 10.2 Å². The van der Waals surface area contributed by atoms with Gasteiger partial charge in [0.05, 0.1) is 0 Å². The Labute approximate surface area is 105 Å². The Morgan fingerprint density at radius 1 is 1.24 bits per heavy atom. The lowest BCUT2D eigenvalue weighted by Gasteiger charge is -2.05. The highest BCUT2D eigenvalue weighted by molar-refractivity contribution is 7.87. The first kappa shape index (κ1) is 12.5. The van der Waals surface area contributed by atoms with Crippen molar-refractivity contribution in [2.75, 3.05) is 6.54 Å². The smallest absolute Gasteiger partial charge is 0.203 e. The van der Waals surface area contributed by atoms with Gasteiger partial charge in [0.15, 0.2) is 0 Å². The second-order valence-corrected chi connectivity index (χ2v) is 6.07. The number of hydrogen-bond donors (Lipinski definition) is 2. The van der Waals surface area contributed by atoms with E-state index in [1.165, 1.54) is 4.70 Å². The van der Waals surface area contributed by atoms with Gasteiger partial charge in [-0.3, -0.25) is 0 Å². The van der Waals surface area contributed by atoms with Gasteiger partial charge in [0.2, 0.25) is 0 Å². The van der Waals surface area contributed by atoms with E-state index in [1.54, 1.807) is 18.3 Å². The molecule has 0 fully saturated rings. The van der Waals surface area contributed by atoms with Gasteiger partial charge in [-0.2, -0.15) is 13.1 Å². The summed E-state index contributed by atoms with van der Waals surface area (Å²) in [5, 5.41) is 3.09. The maximum absolute atomic E-state index is 11.4. The van der Waals surface area contributed by atoms with Crippen LogP contribution in [0.15, 0.2) is 29.6 Å². The first-order chi connectivity index (χ1) is 8.12. The molecule has 0 saturated carbocycles. The van der Waals surface area contributed by atoms with Gasteiger partial charge in [-0.25, -0.2) is 4.72 Å². The van der Waals surface area contributed by atoms with Crippen molar-refractivity contribution in [1.82, 2.24) is 9.44 Å². The van der Waals surface area contributed by atoms with E-state index in [2.05, 4.69) is 9.44 Å². The Morgan fingerprint density at radius 3 is 2.76 bits per heavy atom. The normalized spacial score (nSPS) is 12.1. The van der Waals surface area contributed by atoms with Crippen molar-refractivity contribution in [3.63, 3.8) is 0 Å². The third-order valence-electron chi connectivity index (χ3n) is 2.35. The zero-order valence-electron chi connectivity index (χ0n) is 9.43. The summed E-state index contributed by atoms with van der Waals surface area (Å²) in [5.41, 5.74) is 1.01. The average Bonchev–Trinajstić information content (AvgIpc) is 2.70. The fourth-order valence-electron chi connectivity index (χ4n) is 1.58. The van der Waals surface area contributed by atoms with E-state index in [4.69, 9.17) is 0 Å². The predicted octanol–water partition coefficient (Wildman–Crippen LogP) is 1.85. The molecular weight excluding hydrogens is 256 g/mol. The average molecular weight is 270 g/mol. The summed E-state index contributed by atoms with van der Waals surface area (Å²) in [5.74, 6) is 0. The highest BCUT2D eigenvalue weighted by atomic mass is 32.2. The zero-order chi connectivity index (χ0) is 12.3. The highest BCUT2D eigenvalue weighted by Crippen LogP contribution is 2.25. The Balaban J connectivity index is 2.15. The molecule has 4 nitrogen and oxygen atoms in total. The number of rotatable bonds is 5. The van der Waals surface area contributed by atoms with Crippen LogP contribution in [-0.4, -0.2) is 15.0 Å². The Bertz CT molecular complexity index is 605. The molecular formula is C11H14N2O2S2. The lowest BCUT2D eigenvalue weighted by Crippen LogP contribution is -2.35. The topological polar surface area (TPSA) is 58.2 Å². The summed E-state index contributed by atoms with van der Waals surface area (Å²) >= 11 is 1.62. The maximum atomic E-state index is 11.4. The monoisotopic (exact) mass is 270 g/mol. The van der Waals surface area contributed by atoms with Crippen molar-refractivity contribution in [2.24, 2.45) is 0 Å². The quantitative estimate of drug-likeness (QED) is 0.871. The SMILES string of the molecule is CCNS(=O)(=O)NCc1csc2ccccc12. The van der Waals surface area contributed by atoms with Crippen LogP contribution in [0.1, 0.15) is 12.5 Å². The Hall–Kier alpha value is -0.950. The number of benzene rings is 1. The van der Waals surface area contributed by atoms with Gasteiger partial charge >= 0.3 is 0 Å². The minimum Gasteiger partial charge on any atom is -0.203 e. The van der Waals surface area contributed by atoms with Gasteiger partial charge in [-0.15, -0.1) is 11.3 Å². The summed E-state index contributed by atoms with van der Waals surface area (Å²) in [6.45, 7) is 2.46. The Kier molecular flexibility index (Phi) is 3.78. The van der Waals surface area contributed by atoms with Crippen LogP contribution in [0, 0.1) is 0 Å². The van der Waals surface area contributed by atoms with Crippen LogP contribution in [0.5, 0.6) is 0 Å². The lowest BCUT2D eigenvalue weighted by atomic mass is 10.2. The van der Waals surface area contributed by atoms with Crippen LogP contribution in [0.3, 0.4) is 0 Å². The van der Waals surface area contributed by atoms with E-state index >= 15 is 0 Å². The molecule has 92 valence electrons. The fourth-order valence-corrected chi connectivity index (χ4v) is 3.37. The summed E-state index contributed by atoms with van der Waals surface area (Å²) < 4.78 is 29.0. The molecule has 0 aliphatic carbocycles. The molecule has 0 saturated heterocycles. The first-order valence-electron chi connectivity index (χ1n) is 5.32. The molecule has 2 rings (SSSR count). The molecule has 1 aromatic heterocycles. The van der Waals surface area contributed by atoms with E-state index in [0.717, 1.165) is 10.9 Å². The highest BCUT2D eigenvalue weighted by Gasteiger charge is 2.09. The first-order valence-corrected chi connectivity index (χ1v) is 7.68. The van der Waals surface area contributed by atoms with E-state index in [-0.39, 0.29) is 0 Å². The molecule has 0 radical (unpaired) electrons. The summed E-state index contributed by atoms with van der Waals surface area (Å²) in [6.07, 6.45) is 0. The molecule has 6 heteroatoms. The number of thiophene rings is 1.